The molecule has 1 heterocycles. The average Bonchev–Trinajstić information content (AvgIpc) is 2.47. The maximum atomic E-state index is 12.3. The Hall–Kier alpha value is -2.34. The van der Waals surface area contributed by atoms with Crippen LogP contribution in [0.25, 0.3) is 22.0 Å². The van der Waals surface area contributed by atoms with Crippen LogP contribution in [-0.4, -0.2) is 27.5 Å². The van der Waals surface area contributed by atoms with Crippen LogP contribution in [0.5, 0.6) is 0 Å². The van der Waals surface area contributed by atoms with Crippen molar-refractivity contribution < 1.29 is 8.42 Å². The Morgan fingerprint density at radius 1 is 1.05 bits per heavy atom. The number of benzene rings is 2. The summed E-state index contributed by atoms with van der Waals surface area (Å²) >= 11 is 0. The number of rotatable bonds is 2. The van der Waals surface area contributed by atoms with Crippen molar-refractivity contribution in [3.05, 3.63) is 58.9 Å². The maximum absolute atomic E-state index is 12.3. The molecule has 0 saturated heterocycles. The van der Waals surface area contributed by atoms with Gasteiger partial charge in [-0.2, -0.15) is 0 Å². The minimum absolute atomic E-state index is 0.206. The van der Waals surface area contributed by atoms with Crippen LogP contribution in [0.15, 0.2) is 58.2 Å². The summed E-state index contributed by atoms with van der Waals surface area (Å²) in [6.07, 6.45) is 1.16. The van der Waals surface area contributed by atoms with Gasteiger partial charge in [0.2, 0.25) is 0 Å². The summed E-state index contributed by atoms with van der Waals surface area (Å²) in [5.41, 5.74) is 1.79. The average molecular weight is 311 g/mol. The summed E-state index contributed by atoms with van der Waals surface area (Å²) in [4.78, 5) is 15.3. The quantitative estimate of drug-likeness (QED) is 0.714. The number of sulfone groups is 1. The topological polar surface area (TPSA) is 67.0 Å². The Bertz CT molecular complexity index is 1040. The summed E-state index contributed by atoms with van der Waals surface area (Å²) in [5, 5.41) is 1.38. The molecule has 110 valence electrons. The maximum Gasteiger partial charge on any atom is 0.256 e. The minimum Gasteiger partial charge on any atom is -0.321 e. The van der Waals surface area contributed by atoms with E-state index < -0.39 is 9.84 Å². The fraction of sp³-hybridized carbons (Fsp3) is 0.0625. The van der Waals surface area contributed by atoms with E-state index in [1.807, 2.05) is 26.0 Å². The summed E-state index contributed by atoms with van der Waals surface area (Å²) in [5.74, 6) is 0. The van der Waals surface area contributed by atoms with Gasteiger partial charge in [-0.05, 0) is 17.5 Å². The van der Waals surface area contributed by atoms with Crippen molar-refractivity contribution in [1.29, 1.82) is 0 Å². The summed E-state index contributed by atoms with van der Waals surface area (Å²) < 4.78 is 23.9. The van der Waals surface area contributed by atoms with Crippen LogP contribution in [0, 0.1) is 0 Å². The number of aromatic nitrogens is 1. The van der Waals surface area contributed by atoms with Crippen LogP contribution in [0.4, 0.5) is 0 Å². The Morgan fingerprint density at radius 3 is 2.50 bits per heavy atom. The van der Waals surface area contributed by atoms with Crippen molar-refractivity contribution in [3.8, 4) is 11.3 Å². The molecule has 0 atom stereocenters. The second-order valence-electron chi connectivity index (χ2n) is 5.37. The predicted molar refractivity (Wildman–Crippen MR) is 91.3 cm³/mol. The summed E-state index contributed by atoms with van der Waals surface area (Å²) in [6, 6.07) is 14.1. The normalized spacial score (nSPS) is 11.7. The zero-order valence-corrected chi connectivity index (χ0v) is 13.1. The number of aromatic amines is 1. The van der Waals surface area contributed by atoms with Gasteiger partial charge in [-0.15, -0.1) is 0 Å². The Kier molecular flexibility index (Phi) is 3.41. The molecule has 3 aromatic rings. The molecular weight excluding hydrogens is 297 g/mol. The third kappa shape index (κ3) is 2.57. The van der Waals surface area contributed by atoms with E-state index in [0.29, 0.717) is 16.6 Å². The molecule has 0 saturated carbocycles. The van der Waals surface area contributed by atoms with E-state index in [2.05, 4.69) is 4.98 Å². The third-order valence-electron chi connectivity index (χ3n) is 3.58. The van der Waals surface area contributed by atoms with E-state index in [1.165, 1.54) is 0 Å². The van der Waals surface area contributed by atoms with Gasteiger partial charge >= 0.3 is 0 Å². The van der Waals surface area contributed by atoms with E-state index in [4.69, 9.17) is 0 Å². The number of hydrogen-bond acceptors (Lipinski definition) is 3. The van der Waals surface area contributed by atoms with Crippen LogP contribution in [-0.2, 0) is 9.84 Å². The highest BCUT2D eigenvalue weighted by molar-refractivity contribution is 7.90. The van der Waals surface area contributed by atoms with Crippen molar-refractivity contribution in [2.24, 2.45) is 0 Å². The molecule has 0 spiro atoms. The first kappa shape index (κ1) is 14.6. The number of hydrogen-bond donors (Lipinski definition) is 1. The van der Waals surface area contributed by atoms with Gasteiger partial charge in [0.05, 0.1) is 10.6 Å². The van der Waals surface area contributed by atoms with Gasteiger partial charge in [-0.3, -0.25) is 4.79 Å². The fourth-order valence-corrected chi connectivity index (χ4v) is 3.43. The highest BCUT2D eigenvalue weighted by Gasteiger charge is 2.15. The summed E-state index contributed by atoms with van der Waals surface area (Å²) in [7, 11) is -1.45. The number of nitrogens with one attached hydrogen (secondary N) is 1. The van der Waals surface area contributed by atoms with Gasteiger partial charge < -0.3 is 4.98 Å². The zero-order chi connectivity index (χ0) is 15.9. The Morgan fingerprint density at radius 2 is 1.77 bits per heavy atom. The smallest absolute Gasteiger partial charge is 0.256 e. The molecule has 4 nitrogen and oxygen atoms in total. The van der Waals surface area contributed by atoms with Crippen molar-refractivity contribution >= 4 is 33.9 Å². The lowest BCUT2D eigenvalue weighted by atomic mass is 9.93. The molecule has 2 aromatic carbocycles. The van der Waals surface area contributed by atoms with Crippen LogP contribution >= 0.6 is 0 Å². The first-order valence-corrected chi connectivity index (χ1v) is 8.68. The molecule has 0 bridgehead atoms. The van der Waals surface area contributed by atoms with Crippen LogP contribution in [0.2, 0.25) is 0 Å². The van der Waals surface area contributed by atoms with Crippen molar-refractivity contribution in [2.75, 3.05) is 6.26 Å². The SMILES string of the molecule is Bc1ccc2cc(-c3ccccc3S(C)(=O)=O)[nH]c(=O)c2c1. The predicted octanol–water partition coefficient (Wildman–Crippen LogP) is 0.857. The molecule has 3 rings (SSSR count). The lowest BCUT2D eigenvalue weighted by Crippen LogP contribution is -2.12. The highest BCUT2D eigenvalue weighted by Crippen LogP contribution is 2.26. The number of pyridine rings is 1. The van der Waals surface area contributed by atoms with Crippen molar-refractivity contribution in [1.82, 2.24) is 4.98 Å². The van der Waals surface area contributed by atoms with Gasteiger partial charge in [-0.1, -0.05) is 41.9 Å². The third-order valence-corrected chi connectivity index (χ3v) is 4.73. The molecule has 1 N–H and O–H groups in total. The van der Waals surface area contributed by atoms with Crippen LogP contribution in [0.1, 0.15) is 0 Å². The van der Waals surface area contributed by atoms with Crippen molar-refractivity contribution in [3.63, 3.8) is 0 Å². The molecule has 1 aromatic heterocycles. The number of fused-ring (bicyclic) bond motifs is 1. The molecule has 0 radical (unpaired) electrons. The second kappa shape index (κ2) is 5.14. The molecule has 0 aliphatic carbocycles. The molecule has 0 unspecified atom stereocenters. The van der Waals surface area contributed by atoms with Gasteiger partial charge in [0.25, 0.3) is 5.56 Å². The van der Waals surface area contributed by atoms with Gasteiger partial charge in [0, 0.05) is 17.2 Å². The molecule has 0 aliphatic heterocycles. The molecule has 22 heavy (non-hydrogen) atoms. The number of H-pyrrole nitrogens is 1. The standard InChI is InChI=1S/C16H14BNO3S/c1-22(20,21)15-5-3-2-4-12(15)14-8-10-6-7-11(17)9-13(10)16(19)18-14/h2-9H,17H2,1H3,(H,18,19). The van der Waals surface area contributed by atoms with Gasteiger partial charge in [0.15, 0.2) is 9.84 Å². The fourth-order valence-electron chi connectivity index (χ4n) is 2.53. The van der Waals surface area contributed by atoms with Gasteiger partial charge in [-0.25, -0.2) is 8.42 Å². The lowest BCUT2D eigenvalue weighted by molar-refractivity contribution is 0.602. The molecule has 0 aliphatic rings. The van der Waals surface area contributed by atoms with E-state index in [0.717, 1.165) is 17.1 Å². The van der Waals surface area contributed by atoms with E-state index in [9.17, 15) is 13.2 Å². The van der Waals surface area contributed by atoms with Gasteiger partial charge in [0.1, 0.15) is 7.85 Å². The molecule has 0 fully saturated rings. The second-order valence-corrected chi connectivity index (χ2v) is 7.36. The molecule has 6 heteroatoms. The lowest BCUT2D eigenvalue weighted by Gasteiger charge is -2.09. The first-order chi connectivity index (χ1) is 10.4. The highest BCUT2D eigenvalue weighted by atomic mass is 32.2. The monoisotopic (exact) mass is 311 g/mol. The van der Waals surface area contributed by atoms with Crippen LogP contribution < -0.4 is 11.0 Å². The Balaban J connectivity index is 2.33. The minimum atomic E-state index is -3.38. The van der Waals surface area contributed by atoms with Crippen LogP contribution in [0.3, 0.4) is 0 Å². The molecule has 0 amide bonds. The molecular formula is C16H14BNO3S. The van der Waals surface area contributed by atoms with E-state index in [1.54, 1.807) is 30.3 Å². The summed E-state index contributed by atoms with van der Waals surface area (Å²) in [6.45, 7) is 0. The zero-order valence-electron chi connectivity index (χ0n) is 12.3. The van der Waals surface area contributed by atoms with E-state index in [-0.39, 0.29) is 10.5 Å². The Labute approximate surface area is 129 Å². The van der Waals surface area contributed by atoms with E-state index >= 15 is 0 Å². The largest absolute Gasteiger partial charge is 0.321 e. The van der Waals surface area contributed by atoms with Crippen molar-refractivity contribution in [2.45, 2.75) is 4.90 Å². The first-order valence-electron chi connectivity index (χ1n) is 6.79.